The predicted octanol–water partition coefficient (Wildman–Crippen LogP) is 7.92. The van der Waals surface area contributed by atoms with Crippen LogP contribution in [0.25, 0.3) is 28.1 Å². The molecule has 3 N–H and O–H groups in total. The number of benzene rings is 4. The smallest absolute Gasteiger partial charge is 0.266 e. The van der Waals surface area contributed by atoms with Crippen molar-refractivity contribution in [1.82, 2.24) is 10.3 Å². The van der Waals surface area contributed by atoms with Crippen LogP contribution < -0.4 is 10.6 Å². The molecule has 262 valence electrons. The highest BCUT2D eigenvalue weighted by atomic mass is 32.2. The lowest BCUT2D eigenvalue weighted by Crippen LogP contribution is -2.29. The molecule has 10 heteroatoms. The van der Waals surface area contributed by atoms with E-state index in [-0.39, 0.29) is 23.3 Å². The molecule has 1 saturated carbocycles. The van der Waals surface area contributed by atoms with Crippen molar-refractivity contribution >= 4 is 44.3 Å². The normalized spacial score (nSPS) is 19.8. The minimum absolute atomic E-state index is 0.112. The summed E-state index contributed by atoms with van der Waals surface area (Å²) in [5.41, 5.74) is 7.89. The molecule has 0 saturated heterocycles. The zero-order valence-electron chi connectivity index (χ0n) is 28.8. The summed E-state index contributed by atoms with van der Waals surface area (Å²) in [6.45, 7) is 6.92. The van der Waals surface area contributed by atoms with Crippen molar-refractivity contribution in [3.63, 3.8) is 0 Å². The van der Waals surface area contributed by atoms with Gasteiger partial charge in [-0.25, -0.2) is 4.98 Å². The van der Waals surface area contributed by atoms with Crippen molar-refractivity contribution in [3.8, 4) is 11.5 Å². The highest BCUT2D eigenvalue weighted by molar-refractivity contribution is 7.85. The van der Waals surface area contributed by atoms with Crippen LogP contribution in [-0.4, -0.2) is 42.1 Å². The van der Waals surface area contributed by atoms with Crippen LogP contribution in [0.4, 0.5) is 5.69 Å². The van der Waals surface area contributed by atoms with E-state index in [0.717, 1.165) is 22.2 Å². The van der Waals surface area contributed by atoms with Gasteiger partial charge in [0.25, 0.3) is 16.0 Å². The molecule has 2 aliphatic rings. The largest absolute Gasteiger partial charge is 0.436 e. The van der Waals surface area contributed by atoms with E-state index < -0.39 is 27.7 Å². The first-order chi connectivity index (χ1) is 24.3. The number of nitrogens with zero attached hydrogens (tertiary/aromatic N) is 1. The Kier molecular flexibility index (Phi) is 8.93. The van der Waals surface area contributed by atoms with Crippen LogP contribution in [0.3, 0.4) is 0 Å². The predicted molar refractivity (Wildman–Crippen MR) is 199 cm³/mol. The fourth-order valence-corrected chi connectivity index (χ4v) is 8.07. The van der Waals surface area contributed by atoms with Crippen LogP contribution in [0.1, 0.15) is 66.6 Å². The SMILES string of the molecule is CC12CCC(C=C1c1ccc([C@@H](Cc3ccc(C(=O)NCCS(=O)(=O)O)cc3)C(=O)Nc3ccc(-c4nc5ccccc5o4)cc3)cc1)C2(C)C. The molecule has 1 fully saturated rings. The topological polar surface area (TPSA) is 139 Å². The molecule has 9 nitrogen and oxygen atoms in total. The van der Waals surface area contributed by atoms with Crippen LogP contribution in [0.15, 0.2) is 108 Å². The van der Waals surface area contributed by atoms with Crippen molar-refractivity contribution < 1.29 is 27.0 Å². The summed E-state index contributed by atoms with van der Waals surface area (Å²) in [5, 5.41) is 5.60. The zero-order chi connectivity index (χ0) is 36.0. The molecular formula is C41H41N3O6S. The molecule has 1 aromatic heterocycles. The standard InChI is InChI=1S/C41H41N3O6S/c1-40(2)31-20-21-41(40,3)34(25-31)28-14-12-27(13-15-28)33(24-26-8-10-29(11-9-26)37(45)42-22-23-51(47,48)49)38(46)43-32-18-16-30(17-19-32)39-44-35-6-4-5-7-36(35)50-39/h4-19,25,31,33H,20-24H2,1-3H3,(H,42,45)(H,43,46)(H,47,48,49)/t31?,33-,41?/m1/s1. The lowest BCUT2D eigenvalue weighted by atomic mass is 9.66. The Hall–Kier alpha value is -5.06. The van der Waals surface area contributed by atoms with Gasteiger partial charge in [0, 0.05) is 23.4 Å². The molecule has 0 radical (unpaired) electrons. The van der Waals surface area contributed by atoms with E-state index in [2.05, 4.69) is 66.7 Å². The molecule has 0 aliphatic heterocycles. The number of anilines is 1. The summed E-state index contributed by atoms with van der Waals surface area (Å²) in [5.74, 6) is -0.658. The zero-order valence-corrected chi connectivity index (χ0v) is 29.7. The van der Waals surface area contributed by atoms with E-state index in [1.165, 1.54) is 24.0 Å². The number of hydrogen-bond acceptors (Lipinski definition) is 6. The van der Waals surface area contributed by atoms with Gasteiger partial charge in [0.1, 0.15) is 5.52 Å². The maximum atomic E-state index is 14.1. The summed E-state index contributed by atoms with van der Waals surface area (Å²) >= 11 is 0. The molecule has 51 heavy (non-hydrogen) atoms. The van der Waals surface area contributed by atoms with Crippen molar-refractivity contribution in [2.24, 2.45) is 16.7 Å². The van der Waals surface area contributed by atoms with Crippen molar-refractivity contribution in [1.29, 1.82) is 0 Å². The Morgan fingerprint density at radius 3 is 2.24 bits per heavy atom. The number of fused-ring (bicyclic) bond motifs is 3. The second kappa shape index (κ2) is 13.2. The molecule has 2 unspecified atom stereocenters. The number of carbonyl (C=O) groups excluding carboxylic acids is 2. The van der Waals surface area contributed by atoms with Crippen molar-refractivity contribution in [2.75, 3.05) is 17.6 Å². The number of oxazole rings is 1. The van der Waals surface area contributed by atoms with Gasteiger partial charge in [-0.1, -0.05) is 75.4 Å². The molecule has 4 aromatic carbocycles. The molecule has 0 spiro atoms. The van der Waals surface area contributed by atoms with E-state index in [9.17, 15) is 18.0 Å². The van der Waals surface area contributed by atoms with Crippen molar-refractivity contribution in [3.05, 3.63) is 125 Å². The maximum absolute atomic E-state index is 14.1. The fraction of sp³-hybridized carbons (Fsp3) is 0.293. The van der Waals surface area contributed by atoms with Gasteiger partial charge in [-0.15, -0.1) is 0 Å². The molecular weight excluding hydrogens is 663 g/mol. The number of rotatable bonds is 11. The third-order valence-electron chi connectivity index (χ3n) is 11.2. The minimum atomic E-state index is -4.18. The summed E-state index contributed by atoms with van der Waals surface area (Å²) in [6.07, 6.45) is 5.22. The van der Waals surface area contributed by atoms with E-state index in [4.69, 9.17) is 8.97 Å². The fourth-order valence-electron chi connectivity index (χ4n) is 7.71. The van der Waals surface area contributed by atoms with Gasteiger partial charge in [-0.2, -0.15) is 8.42 Å². The maximum Gasteiger partial charge on any atom is 0.266 e. The Labute approximate surface area is 297 Å². The lowest BCUT2D eigenvalue weighted by Gasteiger charge is -2.37. The quantitative estimate of drug-likeness (QED) is 0.119. The Morgan fingerprint density at radius 2 is 1.61 bits per heavy atom. The molecule has 1 heterocycles. The van der Waals surface area contributed by atoms with Gasteiger partial charge < -0.3 is 15.1 Å². The first kappa shape index (κ1) is 34.4. The molecule has 7 rings (SSSR count). The van der Waals surface area contributed by atoms with E-state index in [1.54, 1.807) is 24.3 Å². The molecule has 2 aliphatic carbocycles. The third-order valence-corrected chi connectivity index (χ3v) is 11.9. The third kappa shape index (κ3) is 6.86. The van der Waals surface area contributed by atoms with Gasteiger partial charge in [-0.05, 0) is 107 Å². The second-order valence-electron chi connectivity index (χ2n) is 14.5. The summed E-state index contributed by atoms with van der Waals surface area (Å²) < 4.78 is 36.9. The van der Waals surface area contributed by atoms with Gasteiger partial charge >= 0.3 is 0 Å². The number of aromatic nitrogens is 1. The van der Waals surface area contributed by atoms with Crippen LogP contribution in [0.5, 0.6) is 0 Å². The van der Waals surface area contributed by atoms with Gasteiger partial charge in [0.2, 0.25) is 11.8 Å². The number of carbonyl (C=O) groups is 2. The molecule has 3 atom stereocenters. The van der Waals surface area contributed by atoms with Crippen molar-refractivity contribution in [2.45, 2.75) is 46.0 Å². The van der Waals surface area contributed by atoms with E-state index >= 15 is 0 Å². The Bertz CT molecular complexity index is 2210. The second-order valence-corrected chi connectivity index (χ2v) is 16.0. The Balaban J connectivity index is 1.11. The van der Waals surface area contributed by atoms with Crippen LogP contribution in [-0.2, 0) is 21.3 Å². The average molecular weight is 704 g/mol. The van der Waals surface area contributed by atoms with Crippen LogP contribution in [0, 0.1) is 16.7 Å². The number of para-hydroxylation sites is 2. The minimum Gasteiger partial charge on any atom is -0.436 e. The molecule has 2 amide bonds. The first-order valence-corrected chi connectivity index (χ1v) is 18.8. The molecule has 5 aromatic rings. The highest BCUT2D eigenvalue weighted by Gasteiger charge is 2.57. The Morgan fingerprint density at radius 1 is 0.922 bits per heavy atom. The highest BCUT2D eigenvalue weighted by Crippen LogP contribution is 2.67. The summed E-state index contributed by atoms with van der Waals surface area (Å²) in [6, 6.07) is 30.3. The van der Waals surface area contributed by atoms with E-state index in [1.807, 2.05) is 48.5 Å². The van der Waals surface area contributed by atoms with Gasteiger partial charge in [0.05, 0.1) is 11.7 Å². The first-order valence-electron chi connectivity index (χ1n) is 17.2. The summed E-state index contributed by atoms with van der Waals surface area (Å²) in [4.78, 5) is 31.2. The lowest BCUT2D eigenvalue weighted by molar-refractivity contribution is -0.117. The monoisotopic (exact) mass is 703 g/mol. The molecule has 2 bridgehead atoms. The number of allylic oxidation sites excluding steroid dienone is 2. The average Bonchev–Trinajstić information content (AvgIpc) is 3.70. The summed E-state index contributed by atoms with van der Waals surface area (Å²) in [7, 11) is -4.18. The van der Waals surface area contributed by atoms with E-state index in [0.29, 0.717) is 35.1 Å². The number of amides is 2. The van der Waals surface area contributed by atoms with Crippen LogP contribution >= 0.6 is 0 Å². The number of hydrogen-bond donors (Lipinski definition) is 3. The van der Waals surface area contributed by atoms with Gasteiger partial charge in [-0.3, -0.25) is 14.1 Å². The van der Waals surface area contributed by atoms with Crippen LogP contribution in [0.2, 0.25) is 0 Å². The van der Waals surface area contributed by atoms with Gasteiger partial charge in [0.15, 0.2) is 5.58 Å². The number of nitrogens with one attached hydrogen (secondary N) is 2.